The molecule has 0 unspecified atom stereocenters. The highest BCUT2D eigenvalue weighted by atomic mass is 32.2. The van der Waals surface area contributed by atoms with Crippen LogP contribution >= 0.6 is 11.3 Å². The van der Waals surface area contributed by atoms with E-state index in [4.69, 9.17) is 0 Å². The molecule has 0 bridgehead atoms. The Labute approximate surface area is 187 Å². The zero-order valence-electron chi connectivity index (χ0n) is 17.3. The molecular formula is C21H18FN5O3S2. The number of aromatic nitrogens is 4. The van der Waals surface area contributed by atoms with Crippen molar-refractivity contribution in [1.29, 1.82) is 0 Å². The van der Waals surface area contributed by atoms with Crippen LogP contribution in [0.25, 0.3) is 17.1 Å². The molecule has 8 nitrogen and oxygen atoms in total. The van der Waals surface area contributed by atoms with E-state index in [0.29, 0.717) is 16.5 Å². The molecule has 0 aliphatic rings. The molecule has 0 saturated carbocycles. The third-order valence-corrected chi connectivity index (χ3v) is 6.48. The molecule has 11 heteroatoms. The molecule has 3 aromatic heterocycles. The Morgan fingerprint density at radius 1 is 1.19 bits per heavy atom. The number of hydrogen-bond acceptors (Lipinski definition) is 7. The van der Waals surface area contributed by atoms with Crippen LogP contribution in [0.2, 0.25) is 0 Å². The van der Waals surface area contributed by atoms with Crippen LogP contribution in [0.15, 0.2) is 52.9 Å². The largest absolute Gasteiger partial charge is 0.296 e. The van der Waals surface area contributed by atoms with Gasteiger partial charge in [-0.15, -0.1) is 11.3 Å². The van der Waals surface area contributed by atoms with Crippen molar-refractivity contribution in [3.63, 3.8) is 0 Å². The Hall–Kier alpha value is -3.44. The first-order valence-corrected chi connectivity index (χ1v) is 12.2. The van der Waals surface area contributed by atoms with Gasteiger partial charge in [-0.2, -0.15) is 5.10 Å². The van der Waals surface area contributed by atoms with E-state index in [9.17, 15) is 17.6 Å². The monoisotopic (exact) mass is 471 g/mol. The minimum absolute atomic E-state index is 0.0420. The van der Waals surface area contributed by atoms with Crippen molar-refractivity contribution in [2.45, 2.75) is 18.7 Å². The number of halogens is 1. The SMILES string of the molecule is Cc1cc(C(=O)Nc2nc(-c3ncccc3C)cs2)n(-c2ccc(S(C)(=O)=O)cc2F)n1. The molecule has 1 N–H and O–H groups in total. The van der Waals surface area contributed by atoms with Gasteiger partial charge in [0.2, 0.25) is 0 Å². The summed E-state index contributed by atoms with van der Waals surface area (Å²) in [7, 11) is -3.57. The van der Waals surface area contributed by atoms with E-state index in [-0.39, 0.29) is 16.3 Å². The Morgan fingerprint density at radius 3 is 2.66 bits per heavy atom. The molecule has 32 heavy (non-hydrogen) atoms. The molecule has 0 aliphatic heterocycles. The zero-order chi connectivity index (χ0) is 23.0. The van der Waals surface area contributed by atoms with Gasteiger partial charge in [-0.1, -0.05) is 6.07 Å². The van der Waals surface area contributed by atoms with Crippen molar-refractivity contribution >= 4 is 32.2 Å². The molecule has 3 heterocycles. The van der Waals surface area contributed by atoms with E-state index >= 15 is 0 Å². The van der Waals surface area contributed by atoms with Gasteiger partial charge in [0.1, 0.15) is 22.9 Å². The standard InChI is InChI=1S/C21H18FN5O3S2/c1-12-5-4-8-23-19(12)16-11-31-21(24-16)25-20(28)18-9-13(2)26-27(18)17-7-6-14(10-15(17)22)32(3,29)30/h4-11H,1-3H3,(H,24,25,28). The number of hydrogen-bond donors (Lipinski definition) is 1. The lowest BCUT2D eigenvalue weighted by Crippen LogP contribution is -2.17. The van der Waals surface area contributed by atoms with E-state index in [1.54, 1.807) is 18.5 Å². The van der Waals surface area contributed by atoms with Gasteiger partial charge in [0.25, 0.3) is 5.91 Å². The molecule has 0 radical (unpaired) electrons. The number of amides is 1. The average Bonchev–Trinajstić information content (AvgIpc) is 3.34. The van der Waals surface area contributed by atoms with Crippen LogP contribution in [0.3, 0.4) is 0 Å². The van der Waals surface area contributed by atoms with Gasteiger partial charge < -0.3 is 0 Å². The Kier molecular flexibility index (Phi) is 5.61. The molecular weight excluding hydrogens is 453 g/mol. The first kappa shape index (κ1) is 21.8. The second kappa shape index (κ2) is 8.24. The summed E-state index contributed by atoms with van der Waals surface area (Å²) in [6.45, 7) is 3.59. The highest BCUT2D eigenvalue weighted by Crippen LogP contribution is 2.26. The summed E-state index contributed by atoms with van der Waals surface area (Å²) in [5, 5.41) is 9.05. The number of nitrogens with one attached hydrogen (secondary N) is 1. The predicted octanol–water partition coefficient (Wildman–Crippen LogP) is 3.80. The van der Waals surface area contributed by atoms with E-state index in [1.165, 1.54) is 29.5 Å². The van der Waals surface area contributed by atoms with E-state index in [1.807, 2.05) is 19.1 Å². The molecule has 1 amide bonds. The number of anilines is 1. The lowest BCUT2D eigenvalue weighted by molar-refractivity contribution is 0.101. The van der Waals surface area contributed by atoms with Crippen LogP contribution in [-0.4, -0.2) is 40.3 Å². The van der Waals surface area contributed by atoms with Gasteiger partial charge in [-0.25, -0.2) is 22.5 Å². The number of nitrogens with zero attached hydrogens (tertiary/aromatic N) is 4. The highest BCUT2D eigenvalue weighted by Gasteiger charge is 2.20. The lowest BCUT2D eigenvalue weighted by Gasteiger charge is -2.09. The number of carbonyl (C=O) groups excluding carboxylic acids is 1. The van der Waals surface area contributed by atoms with Crippen molar-refractivity contribution in [3.8, 4) is 17.1 Å². The molecule has 0 spiro atoms. The molecule has 4 aromatic rings. The maximum Gasteiger partial charge on any atom is 0.276 e. The van der Waals surface area contributed by atoms with Crippen molar-refractivity contribution in [3.05, 3.63) is 70.7 Å². The van der Waals surface area contributed by atoms with Crippen LogP contribution < -0.4 is 5.32 Å². The molecule has 1 aromatic carbocycles. The minimum Gasteiger partial charge on any atom is -0.296 e. The van der Waals surface area contributed by atoms with Crippen molar-refractivity contribution < 1.29 is 17.6 Å². The summed E-state index contributed by atoms with van der Waals surface area (Å²) in [6, 6.07) is 8.72. The number of sulfone groups is 1. The fraction of sp³-hybridized carbons (Fsp3) is 0.143. The van der Waals surface area contributed by atoms with Crippen LogP contribution in [0.1, 0.15) is 21.7 Å². The quantitative estimate of drug-likeness (QED) is 0.474. The Morgan fingerprint density at radius 2 is 1.97 bits per heavy atom. The van der Waals surface area contributed by atoms with E-state index in [2.05, 4.69) is 20.4 Å². The number of carbonyl (C=O) groups is 1. The third-order valence-electron chi connectivity index (χ3n) is 4.62. The highest BCUT2D eigenvalue weighted by molar-refractivity contribution is 7.90. The number of aryl methyl sites for hydroxylation is 2. The molecule has 0 saturated heterocycles. The van der Waals surface area contributed by atoms with E-state index in [0.717, 1.165) is 28.3 Å². The van der Waals surface area contributed by atoms with Gasteiger partial charge in [-0.3, -0.25) is 15.1 Å². The van der Waals surface area contributed by atoms with Gasteiger partial charge in [-0.05, 0) is 49.7 Å². The number of pyridine rings is 1. The Balaban J connectivity index is 1.64. The topological polar surface area (TPSA) is 107 Å². The summed E-state index contributed by atoms with van der Waals surface area (Å²) < 4.78 is 39.2. The maximum atomic E-state index is 14.7. The minimum atomic E-state index is -3.57. The molecule has 0 aliphatic carbocycles. The molecule has 0 fully saturated rings. The van der Waals surface area contributed by atoms with Crippen LogP contribution in [-0.2, 0) is 9.84 Å². The Bertz CT molecular complexity index is 1440. The van der Waals surface area contributed by atoms with Crippen molar-refractivity contribution in [2.75, 3.05) is 11.6 Å². The van der Waals surface area contributed by atoms with Crippen molar-refractivity contribution in [1.82, 2.24) is 19.7 Å². The lowest BCUT2D eigenvalue weighted by atomic mass is 10.2. The second-order valence-electron chi connectivity index (χ2n) is 7.13. The second-order valence-corrected chi connectivity index (χ2v) is 10.0. The van der Waals surface area contributed by atoms with Gasteiger partial charge in [0.05, 0.1) is 16.3 Å². The summed E-state index contributed by atoms with van der Waals surface area (Å²) in [4.78, 5) is 21.5. The molecule has 0 atom stereocenters. The fourth-order valence-electron chi connectivity index (χ4n) is 3.09. The molecule has 164 valence electrons. The number of thiazole rings is 1. The predicted molar refractivity (Wildman–Crippen MR) is 119 cm³/mol. The van der Waals surface area contributed by atoms with Crippen LogP contribution in [0.5, 0.6) is 0 Å². The fourth-order valence-corrected chi connectivity index (χ4v) is 4.41. The third kappa shape index (κ3) is 4.30. The smallest absolute Gasteiger partial charge is 0.276 e. The van der Waals surface area contributed by atoms with Crippen LogP contribution in [0, 0.1) is 19.7 Å². The van der Waals surface area contributed by atoms with Gasteiger partial charge in [0.15, 0.2) is 15.0 Å². The van der Waals surface area contributed by atoms with Gasteiger partial charge >= 0.3 is 0 Å². The first-order valence-electron chi connectivity index (χ1n) is 9.39. The zero-order valence-corrected chi connectivity index (χ0v) is 19.0. The summed E-state index contributed by atoms with van der Waals surface area (Å²) >= 11 is 1.24. The summed E-state index contributed by atoms with van der Waals surface area (Å²) in [5.74, 6) is -1.34. The molecule has 4 rings (SSSR count). The average molecular weight is 472 g/mol. The summed E-state index contributed by atoms with van der Waals surface area (Å²) in [6.07, 6.45) is 2.66. The number of rotatable bonds is 5. The normalized spacial score (nSPS) is 11.5. The van der Waals surface area contributed by atoms with E-state index < -0.39 is 21.6 Å². The van der Waals surface area contributed by atoms with Gasteiger partial charge in [0, 0.05) is 17.8 Å². The summed E-state index contributed by atoms with van der Waals surface area (Å²) in [5.41, 5.74) is 2.84. The van der Waals surface area contributed by atoms with Crippen LogP contribution in [0.4, 0.5) is 9.52 Å². The first-order chi connectivity index (χ1) is 15.1. The maximum absolute atomic E-state index is 14.7. The van der Waals surface area contributed by atoms with Crippen molar-refractivity contribution in [2.24, 2.45) is 0 Å². The number of benzene rings is 1.